The van der Waals surface area contributed by atoms with Gasteiger partial charge in [-0.1, -0.05) is 15.9 Å². The van der Waals surface area contributed by atoms with Crippen LogP contribution in [-0.2, 0) is 19.6 Å². The molecular weight excluding hydrogens is 496 g/mol. The number of nitrogens with one attached hydrogen (secondary N) is 3. The molecule has 0 aromatic heterocycles. The minimum absolute atomic E-state index is 0.0385. The summed E-state index contributed by atoms with van der Waals surface area (Å²) in [6.07, 6.45) is 1.57. The van der Waals surface area contributed by atoms with E-state index in [1.54, 1.807) is 24.3 Å². The summed E-state index contributed by atoms with van der Waals surface area (Å²) in [5, 5.41) is 17.6. The molecule has 1 aliphatic heterocycles. The van der Waals surface area contributed by atoms with E-state index < -0.39 is 15.9 Å². The summed E-state index contributed by atoms with van der Waals surface area (Å²) in [6, 6.07) is 10.5. The van der Waals surface area contributed by atoms with Crippen LogP contribution in [0.25, 0.3) is 6.08 Å². The number of sulfonamides is 1. The zero-order valence-electron chi connectivity index (χ0n) is 15.1. The van der Waals surface area contributed by atoms with Crippen molar-refractivity contribution in [3.05, 3.63) is 57.4 Å². The highest BCUT2D eigenvalue weighted by atomic mass is 79.9. The largest absolute Gasteiger partial charge is 0.483 e. The molecule has 0 saturated carbocycles. The number of primary sulfonamides is 1. The van der Waals surface area contributed by atoms with E-state index in [0.717, 1.165) is 16.2 Å². The van der Waals surface area contributed by atoms with Crippen LogP contribution < -0.4 is 20.5 Å². The number of nitrogens with two attached hydrogens (primary N) is 1. The topological polar surface area (TPSA) is 151 Å². The maximum Gasteiger partial charge on any atom is 0.264 e. The zero-order valence-corrected chi connectivity index (χ0v) is 18.4. The van der Waals surface area contributed by atoms with E-state index in [9.17, 15) is 18.0 Å². The van der Waals surface area contributed by atoms with Crippen LogP contribution in [0.5, 0.6) is 5.75 Å². The number of rotatable bonds is 6. The minimum Gasteiger partial charge on any atom is -0.483 e. The maximum absolute atomic E-state index is 12.2. The molecule has 1 heterocycles. The average Bonchev–Trinajstić information content (AvgIpc) is 2.97. The standard InChI is InChI=1S/C18H15BrN4O5S2/c19-11-1-6-14(10(7-11)8-15-17(25)23-18(20)29-15)28-9-16(24)22-12-2-4-13(5-3-12)30(21,26)27/h1-8H,9H2,(H,22,24)(H2,20,23,25)(H2,21,26,27)/b15-8-. The number of anilines is 1. The van der Waals surface area contributed by atoms with Gasteiger partial charge in [0.15, 0.2) is 11.8 Å². The van der Waals surface area contributed by atoms with Gasteiger partial charge in [-0.2, -0.15) is 0 Å². The van der Waals surface area contributed by atoms with E-state index in [-0.39, 0.29) is 22.6 Å². The number of carbonyl (C=O) groups is 2. The van der Waals surface area contributed by atoms with Crippen LogP contribution in [-0.4, -0.2) is 32.0 Å². The fourth-order valence-corrected chi connectivity index (χ4v) is 4.00. The van der Waals surface area contributed by atoms with Crippen molar-refractivity contribution in [2.24, 2.45) is 5.14 Å². The summed E-state index contributed by atoms with van der Waals surface area (Å²) >= 11 is 4.35. The number of hydrogen-bond donors (Lipinski definition) is 4. The van der Waals surface area contributed by atoms with Gasteiger partial charge in [0.2, 0.25) is 10.0 Å². The highest BCUT2D eigenvalue weighted by Gasteiger charge is 2.23. The van der Waals surface area contributed by atoms with E-state index in [0.29, 0.717) is 21.9 Å². The summed E-state index contributed by atoms with van der Waals surface area (Å²) in [5.74, 6) is -0.469. The Morgan fingerprint density at radius 2 is 1.97 bits per heavy atom. The van der Waals surface area contributed by atoms with Gasteiger partial charge in [-0.25, -0.2) is 13.6 Å². The van der Waals surface area contributed by atoms with Gasteiger partial charge in [-0.3, -0.25) is 15.0 Å². The lowest BCUT2D eigenvalue weighted by atomic mass is 10.2. The molecule has 156 valence electrons. The van der Waals surface area contributed by atoms with Crippen molar-refractivity contribution >= 4 is 66.5 Å². The molecule has 1 saturated heterocycles. The predicted octanol–water partition coefficient (Wildman–Crippen LogP) is 2.25. The Hall–Kier alpha value is -2.67. The third kappa shape index (κ3) is 5.69. The van der Waals surface area contributed by atoms with Gasteiger partial charge in [-0.05, 0) is 60.3 Å². The molecule has 0 bridgehead atoms. The van der Waals surface area contributed by atoms with Crippen LogP contribution in [0.4, 0.5) is 5.69 Å². The van der Waals surface area contributed by atoms with E-state index >= 15 is 0 Å². The van der Waals surface area contributed by atoms with Crippen molar-refractivity contribution < 1.29 is 22.7 Å². The second-order valence-electron chi connectivity index (χ2n) is 5.98. The number of ether oxygens (including phenoxy) is 1. The Morgan fingerprint density at radius 1 is 1.27 bits per heavy atom. The van der Waals surface area contributed by atoms with Crippen molar-refractivity contribution in [3.8, 4) is 5.75 Å². The molecule has 2 aromatic carbocycles. The molecule has 0 spiro atoms. The Balaban J connectivity index is 1.68. The molecular formula is C18H15BrN4O5S2. The SMILES string of the molecule is N=C1NC(=O)/C(=C/c2cc(Br)ccc2OCC(=O)Nc2ccc(S(N)(=O)=O)cc2)S1. The molecule has 5 N–H and O–H groups in total. The van der Waals surface area contributed by atoms with Gasteiger partial charge < -0.3 is 15.4 Å². The van der Waals surface area contributed by atoms with Crippen LogP contribution in [0.2, 0.25) is 0 Å². The van der Waals surface area contributed by atoms with Crippen molar-refractivity contribution in [3.63, 3.8) is 0 Å². The zero-order chi connectivity index (χ0) is 21.9. The number of amidine groups is 1. The fourth-order valence-electron chi connectivity index (χ4n) is 2.41. The van der Waals surface area contributed by atoms with Crippen molar-refractivity contribution in [1.29, 1.82) is 5.41 Å². The van der Waals surface area contributed by atoms with Crippen LogP contribution >= 0.6 is 27.7 Å². The fraction of sp³-hybridized carbons (Fsp3) is 0.0556. The maximum atomic E-state index is 12.2. The van der Waals surface area contributed by atoms with E-state index in [4.69, 9.17) is 15.3 Å². The van der Waals surface area contributed by atoms with Gasteiger partial charge >= 0.3 is 0 Å². The molecule has 30 heavy (non-hydrogen) atoms. The van der Waals surface area contributed by atoms with Crippen LogP contribution in [0.15, 0.2) is 56.7 Å². The first-order valence-corrected chi connectivity index (χ1v) is 11.4. The smallest absolute Gasteiger partial charge is 0.264 e. The molecule has 0 unspecified atom stereocenters. The lowest BCUT2D eigenvalue weighted by Gasteiger charge is -2.11. The van der Waals surface area contributed by atoms with Crippen LogP contribution in [0, 0.1) is 5.41 Å². The molecule has 9 nitrogen and oxygen atoms in total. The molecule has 12 heteroatoms. The Labute approximate surface area is 184 Å². The molecule has 0 radical (unpaired) electrons. The normalized spacial score (nSPS) is 15.2. The van der Waals surface area contributed by atoms with Gasteiger partial charge in [0.05, 0.1) is 9.80 Å². The summed E-state index contributed by atoms with van der Waals surface area (Å²) in [7, 11) is -3.81. The molecule has 2 aromatic rings. The monoisotopic (exact) mass is 510 g/mol. The first kappa shape index (κ1) is 22.0. The second kappa shape index (κ2) is 9.00. The first-order chi connectivity index (χ1) is 14.1. The highest BCUT2D eigenvalue weighted by molar-refractivity contribution is 9.10. The predicted molar refractivity (Wildman–Crippen MR) is 118 cm³/mol. The van der Waals surface area contributed by atoms with Gasteiger partial charge in [0, 0.05) is 15.7 Å². The third-order valence-electron chi connectivity index (χ3n) is 3.75. The van der Waals surface area contributed by atoms with E-state index in [1.807, 2.05) is 0 Å². The van der Waals surface area contributed by atoms with Crippen molar-refractivity contribution in [2.75, 3.05) is 11.9 Å². The van der Waals surface area contributed by atoms with E-state index in [1.165, 1.54) is 24.3 Å². The average molecular weight is 511 g/mol. The Bertz CT molecular complexity index is 1160. The first-order valence-electron chi connectivity index (χ1n) is 8.26. The molecule has 0 atom stereocenters. The van der Waals surface area contributed by atoms with Crippen molar-refractivity contribution in [1.82, 2.24) is 5.32 Å². The summed E-state index contributed by atoms with van der Waals surface area (Å²) in [6.45, 7) is -0.316. The number of benzene rings is 2. The number of halogens is 1. The number of carbonyl (C=O) groups excluding carboxylic acids is 2. The minimum atomic E-state index is -3.81. The van der Waals surface area contributed by atoms with E-state index in [2.05, 4.69) is 26.6 Å². The summed E-state index contributed by atoms with van der Waals surface area (Å²) < 4.78 is 28.9. The van der Waals surface area contributed by atoms with Crippen LogP contribution in [0.1, 0.15) is 5.56 Å². The van der Waals surface area contributed by atoms with Gasteiger partial charge in [0.1, 0.15) is 5.75 Å². The lowest BCUT2D eigenvalue weighted by Crippen LogP contribution is -2.20. The van der Waals surface area contributed by atoms with Crippen molar-refractivity contribution in [2.45, 2.75) is 4.90 Å². The Morgan fingerprint density at radius 3 is 2.57 bits per heavy atom. The summed E-state index contributed by atoms with van der Waals surface area (Å²) in [5.41, 5.74) is 0.939. The molecule has 1 aliphatic rings. The quantitative estimate of drug-likeness (QED) is 0.437. The number of amides is 2. The lowest BCUT2D eigenvalue weighted by molar-refractivity contribution is -0.118. The molecule has 1 fully saturated rings. The second-order valence-corrected chi connectivity index (χ2v) is 9.51. The molecule has 3 rings (SSSR count). The highest BCUT2D eigenvalue weighted by Crippen LogP contribution is 2.30. The van der Waals surface area contributed by atoms with Gasteiger partial charge in [-0.15, -0.1) is 0 Å². The molecule has 0 aliphatic carbocycles. The summed E-state index contributed by atoms with van der Waals surface area (Å²) in [4.78, 5) is 24.3. The molecule has 2 amide bonds. The van der Waals surface area contributed by atoms with Gasteiger partial charge in [0.25, 0.3) is 11.8 Å². The van der Waals surface area contributed by atoms with Crippen LogP contribution in [0.3, 0.4) is 0 Å². The number of thioether (sulfide) groups is 1. The number of hydrogen-bond acceptors (Lipinski definition) is 7. The Kier molecular flexibility index (Phi) is 6.61. The third-order valence-corrected chi connectivity index (χ3v) is 6.00.